The van der Waals surface area contributed by atoms with Crippen LogP contribution < -0.4 is 15.2 Å². The molecule has 1 aliphatic heterocycles. The summed E-state index contributed by atoms with van der Waals surface area (Å²) in [6.07, 6.45) is 0. The van der Waals surface area contributed by atoms with Crippen molar-refractivity contribution < 1.29 is 23.4 Å². The summed E-state index contributed by atoms with van der Waals surface area (Å²) in [7, 11) is 3.17. The molecule has 0 aliphatic carbocycles. The molecule has 27 heavy (non-hydrogen) atoms. The molecule has 5 nitrogen and oxygen atoms in total. The predicted octanol–water partition coefficient (Wildman–Crippen LogP) is 2.26. The third-order valence-corrected chi connectivity index (χ3v) is 5.23. The minimum absolute atomic E-state index is 0.191. The van der Waals surface area contributed by atoms with Gasteiger partial charge in [0.1, 0.15) is 23.1 Å². The Labute approximate surface area is 157 Å². The number of benzene rings is 2. The molecular formula is C20H24F2N2O3. The molecule has 2 atom stereocenters. The number of halogens is 2. The van der Waals surface area contributed by atoms with Crippen LogP contribution in [0.4, 0.5) is 8.78 Å². The quantitative estimate of drug-likeness (QED) is 0.807. The van der Waals surface area contributed by atoms with Crippen LogP contribution in [0.3, 0.4) is 0 Å². The monoisotopic (exact) mass is 378 g/mol. The van der Waals surface area contributed by atoms with Crippen LogP contribution in [0, 0.1) is 17.6 Å². The average Bonchev–Trinajstić information content (AvgIpc) is 2.98. The summed E-state index contributed by atoms with van der Waals surface area (Å²) in [5.41, 5.74) is 6.57. The summed E-state index contributed by atoms with van der Waals surface area (Å²) in [5, 5.41) is 9.82. The third kappa shape index (κ3) is 3.76. The SMILES string of the molecule is COc1ccc(CN2CC(CO)C(N)(c3ccc(F)cc3F)C2)c(OC)c1. The van der Waals surface area contributed by atoms with Crippen LogP contribution in [0.25, 0.3) is 0 Å². The first-order valence-electron chi connectivity index (χ1n) is 8.69. The molecule has 2 aromatic rings. The molecule has 3 N–H and O–H groups in total. The molecule has 7 heteroatoms. The second-order valence-electron chi connectivity index (χ2n) is 6.89. The molecule has 0 saturated carbocycles. The number of hydrogen-bond acceptors (Lipinski definition) is 5. The number of nitrogens with two attached hydrogens (primary N) is 1. The third-order valence-electron chi connectivity index (χ3n) is 5.23. The van der Waals surface area contributed by atoms with Crippen LogP contribution in [-0.4, -0.2) is 43.9 Å². The largest absolute Gasteiger partial charge is 0.497 e. The number of methoxy groups -OCH3 is 2. The van der Waals surface area contributed by atoms with Gasteiger partial charge in [-0.2, -0.15) is 0 Å². The molecule has 0 aromatic heterocycles. The van der Waals surface area contributed by atoms with Gasteiger partial charge in [0, 0.05) is 55.4 Å². The number of nitrogens with zero attached hydrogens (tertiary/aromatic N) is 1. The van der Waals surface area contributed by atoms with Gasteiger partial charge in [-0.15, -0.1) is 0 Å². The minimum Gasteiger partial charge on any atom is -0.497 e. The van der Waals surface area contributed by atoms with Gasteiger partial charge in [-0.25, -0.2) is 8.78 Å². The summed E-state index contributed by atoms with van der Waals surface area (Å²) in [4.78, 5) is 2.04. The van der Waals surface area contributed by atoms with E-state index >= 15 is 0 Å². The fraction of sp³-hybridized carbons (Fsp3) is 0.400. The molecule has 0 radical (unpaired) electrons. The molecule has 2 unspecified atom stereocenters. The number of aliphatic hydroxyl groups is 1. The Morgan fingerprint density at radius 3 is 2.59 bits per heavy atom. The highest BCUT2D eigenvalue weighted by atomic mass is 19.1. The first-order valence-corrected chi connectivity index (χ1v) is 8.69. The number of hydrogen-bond donors (Lipinski definition) is 2. The van der Waals surface area contributed by atoms with Gasteiger partial charge in [0.25, 0.3) is 0 Å². The van der Waals surface area contributed by atoms with Crippen LogP contribution in [-0.2, 0) is 12.1 Å². The average molecular weight is 378 g/mol. The summed E-state index contributed by atoms with van der Waals surface area (Å²) in [6, 6.07) is 8.92. The van der Waals surface area contributed by atoms with Gasteiger partial charge in [0.15, 0.2) is 0 Å². The van der Waals surface area contributed by atoms with E-state index < -0.39 is 17.2 Å². The maximum Gasteiger partial charge on any atom is 0.131 e. The van der Waals surface area contributed by atoms with E-state index in [0.717, 1.165) is 11.6 Å². The lowest BCUT2D eigenvalue weighted by Gasteiger charge is -2.30. The van der Waals surface area contributed by atoms with Crippen molar-refractivity contribution in [1.82, 2.24) is 4.90 Å². The first-order chi connectivity index (χ1) is 12.9. The lowest BCUT2D eigenvalue weighted by molar-refractivity contribution is 0.183. The highest BCUT2D eigenvalue weighted by Gasteiger charge is 2.46. The molecule has 0 amide bonds. The van der Waals surface area contributed by atoms with Crippen LogP contribution in [0.1, 0.15) is 11.1 Å². The molecule has 1 fully saturated rings. The molecule has 0 bridgehead atoms. The normalized spacial score (nSPS) is 22.8. The fourth-order valence-corrected chi connectivity index (χ4v) is 3.77. The van der Waals surface area contributed by atoms with Crippen molar-refractivity contribution in [1.29, 1.82) is 0 Å². The topological polar surface area (TPSA) is 68.0 Å². The molecular weight excluding hydrogens is 354 g/mol. The van der Waals surface area contributed by atoms with Crippen LogP contribution >= 0.6 is 0 Å². The molecule has 1 heterocycles. The second kappa shape index (κ2) is 7.80. The lowest BCUT2D eigenvalue weighted by Crippen LogP contribution is -2.46. The molecule has 3 rings (SSSR count). The highest BCUT2D eigenvalue weighted by Crippen LogP contribution is 2.37. The van der Waals surface area contributed by atoms with E-state index in [1.807, 2.05) is 17.0 Å². The number of aliphatic hydroxyl groups excluding tert-OH is 1. The molecule has 1 aliphatic rings. The van der Waals surface area contributed by atoms with Crippen LogP contribution in [0.2, 0.25) is 0 Å². The summed E-state index contributed by atoms with van der Waals surface area (Å²) in [5.74, 6) is -0.357. The van der Waals surface area contributed by atoms with E-state index in [4.69, 9.17) is 15.2 Å². The van der Waals surface area contributed by atoms with Gasteiger partial charge in [0.05, 0.1) is 19.8 Å². The van der Waals surface area contributed by atoms with Crippen molar-refractivity contribution in [2.45, 2.75) is 12.1 Å². The van der Waals surface area contributed by atoms with Gasteiger partial charge in [0.2, 0.25) is 0 Å². The van der Waals surface area contributed by atoms with Crippen molar-refractivity contribution in [2.24, 2.45) is 11.7 Å². The lowest BCUT2D eigenvalue weighted by atomic mass is 9.81. The van der Waals surface area contributed by atoms with Gasteiger partial charge in [-0.1, -0.05) is 12.1 Å². The van der Waals surface area contributed by atoms with Gasteiger partial charge >= 0.3 is 0 Å². The zero-order chi connectivity index (χ0) is 19.6. The summed E-state index contributed by atoms with van der Waals surface area (Å²) < 4.78 is 38.3. The van der Waals surface area contributed by atoms with E-state index in [9.17, 15) is 13.9 Å². The van der Waals surface area contributed by atoms with Crippen molar-refractivity contribution >= 4 is 0 Å². The predicted molar refractivity (Wildman–Crippen MR) is 97.6 cm³/mol. The van der Waals surface area contributed by atoms with Crippen molar-refractivity contribution in [3.63, 3.8) is 0 Å². The molecule has 0 spiro atoms. The van der Waals surface area contributed by atoms with E-state index in [2.05, 4.69) is 0 Å². The second-order valence-corrected chi connectivity index (χ2v) is 6.89. The summed E-state index contributed by atoms with van der Waals surface area (Å²) >= 11 is 0. The Bertz CT molecular complexity index is 818. The van der Waals surface area contributed by atoms with Crippen molar-refractivity contribution in [3.8, 4) is 11.5 Å². The molecule has 2 aromatic carbocycles. The smallest absolute Gasteiger partial charge is 0.131 e. The Morgan fingerprint density at radius 1 is 1.19 bits per heavy atom. The molecule has 146 valence electrons. The Balaban J connectivity index is 1.86. The Kier molecular flexibility index (Phi) is 5.64. The van der Waals surface area contributed by atoms with Gasteiger partial charge in [-0.05, 0) is 12.1 Å². The standard InChI is InChI=1S/C20H24F2N2O3/c1-26-16-5-3-13(19(8-16)27-2)9-24-10-14(11-25)20(23,12-24)17-6-4-15(21)7-18(17)22/h3-8,14,25H,9-12,23H2,1-2H3. The molecule has 1 saturated heterocycles. The first kappa shape index (κ1) is 19.5. The summed E-state index contributed by atoms with van der Waals surface area (Å²) in [6.45, 7) is 1.14. The number of ether oxygens (including phenoxy) is 2. The van der Waals surface area contributed by atoms with Crippen LogP contribution in [0.5, 0.6) is 11.5 Å². The van der Waals surface area contributed by atoms with E-state index in [1.165, 1.54) is 12.1 Å². The van der Waals surface area contributed by atoms with Crippen molar-refractivity contribution in [3.05, 3.63) is 59.2 Å². The fourth-order valence-electron chi connectivity index (χ4n) is 3.77. The van der Waals surface area contributed by atoms with Crippen LogP contribution in [0.15, 0.2) is 36.4 Å². The highest BCUT2D eigenvalue weighted by molar-refractivity contribution is 5.41. The Morgan fingerprint density at radius 2 is 1.96 bits per heavy atom. The maximum atomic E-state index is 14.4. The maximum absolute atomic E-state index is 14.4. The number of likely N-dealkylation sites (tertiary alicyclic amines) is 1. The van der Waals surface area contributed by atoms with Gasteiger partial charge < -0.3 is 20.3 Å². The minimum atomic E-state index is -1.10. The number of rotatable bonds is 6. The van der Waals surface area contributed by atoms with E-state index in [1.54, 1.807) is 20.3 Å². The van der Waals surface area contributed by atoms with Gasteiger partial charge in [-0.3, -0.25) is 4.90 Å². The van der Waals surface area contributed by atoms with E-state index in [-0.39, 0.29) is 18.1 Å². The zero-order valence-electron chi connectivity index (χ0n) is 15.4. The Hall–Kier alpha value is -2.22. The van der Waals surface area contributed by atoms with E-state index in [0.29, 0.717) is 31.1 Å². The van der Waals surface area contributed by atoms with Crippen molar-refractivity contribution in [2.75, 3.05) is 33.9 Å². The zero-order valence-corrected chi connectivity index (χ0v) is 15.4.